The molecule has 1 unspecified atom stereocenters. The molecule has 30 heavy (non-hydrogen) atoms. The minimum Gasteiger partial charge on any atom is -0.466 e. The van der Waals surface area contributed by atoms with Gasteiger partial charge in [0.05, 0.1) is 0 Å². The summed E-state index contributed by atoms with van der Waals surface area (Å²) in [5.74, 6) is 0.559. The normalized spacial score (nSPS) is 12.6. The number of benzene rings is 3. The molecule has 0 bridgehead atoms. The molecule has 156 valence electrons. The topological polar surface area (TPSA) is 58.9 Å². The second kappa shape index (κ2) is 10.1. The van der Waals surface area contributed by atoms with Gasteiger partial charge < -0.3 is 19.2 Å². The van der Waals surface area contributed by atoms with Gasteiger partial charge in [0.15, 0.2) is 6.29 Å². The lowest BCUT2D eigenvalue weighted by atomic mass is 9.80. The maximum absolute atomic E-state index is 9.49. The van der Waals surface area contributed by atoms with Crippen LogP contribution in [-0.4, -0.2) is 32.5 Å². The summed E-state index contributed by atoms with van der Waals surface area (Å²) in [6.45, 7) is 6.46. The van der Waals surface area contributed by atoms with Gasteiger partial charge in [-0.3, -0.25) is 0 Å². The first-order valence-corrected chi connectivity index (χ1v) is 11.8. The molecule has 3 rings (SSSR count). The third kappa shape index (κ3) is 6.57. The van der Waals surface area contributed by atoms with E-state index in [1.165, 1.54) is 10.4 Å². The molecule has 2 N–H and O–H groups in total. The van der Waals surface area contributed by atoms with E-state index in [0.717, 1.165) is 0 Å². The van der Waals surface area contributed by atoms with Gasteiger partial charge in [-0.25, -0.2) is 0 Å². The van der Waals surface area contributed by atoms with Gasteiger partial charge in [0.2, 0.25) is 9.04 Å². The first-order chi connectivity index (χ1) is 14.3. The Balaban J connectivity index is 1.91. The molecule has 0 fully saturated rings. The maximum atomic E-state index is 9.49. The van der Waals surface area contributed by atoms with Gasteiger partial charge in [0.1, 0.15) is 5.75 Å². The zero-order valence-corrected chi connectivity index (χ0v) is 18.9. The van der Waals surface area contributed by atoms with E-state index in [1.54, 1.807) is 18.2 Å². The van der Waals surface area contributed by atoms with Crippen molar-refractivity contribution < 1.29 is 19.2 Å². The van der Waals surface area contributed by atoms with Crippen molar-refractivity contribution in [2.24, 2.45) is 5.41 Å². The Bertz CT molecular complexity index is 874. The molecule has 1 atom stereocenters. The average molecular weight is 420 g/mol. The molecule has 6 heteroatoms. The highest BCUT2D eigenvalue weighted by Crippen LogP contribution is 2.25. The van der Waals surface area contributed by atoms with E-state index >= 15 is 0 Å². The van der Waals surface area contributed by atoms with Crippen molar-refractivity contribution in [2.75, 3.05) is 0 Å². The summed E-state index contributed by atoms with van der Waals surface area (Å²) in [5.41, 5.74) is 0.382. The van der Waals surface area contributed by atoms with Gasteiger partial charge in [-0.2, -0.15) is 0 Å². The first-order valence-electron chi connectivity index (χ1n) is 10.2. The molecule has 0 aliphatic rings. The molecule has 0 radical (unpaired) electrons. The second-order valence-corrected chi connectivity index (χ2v) is 11.0. The Morgan fingerprint density at radius 3 is 1.90 bits per heavy atom. The fourth-order valence-electron chi connectivity index (χ4n) is 3.27. The largest absolute Gasteiger partial charge is 0.488 e. The Hall–Kier alpha value is -2.38. The van der Waals surface area contributed by atoms with Crippen LogP contribution in [0.5, 0.6) is 5.75 Å². The van der Waals surface area contributed by atoms with E-state index in [0.29, 0.717) is 17.6 Å². The lowest BCUT2D eigenvalue weighted by Gasteiger charge is -2.30. The Labute approximate surface area is 181 Å². The average Bonchev–Trinajstić information content (AvgIpc) is 2.72. The summed E-state index contributed by atoms with van der Waals surface area (Å²) in [6.07, 6.45) is 0.232. The lowest BCUT2D eigenvalue weighted by molar-refractivity contribution is -0.0227. The SMILES string of the molecule is CC(C)(C)CC(Oc1cccc(B(O)O)c1)O[SiH](c1ccccc1)c1ccccc1. The molecule has 0 aromatic heterocycles. The Kier molecular flexibility index (Phi) is 7.50. The van der Waals surface area contributed by atoms with Crippen LogP contribution in [0.4, 0.5) is 0 Å². The van der Waals surface area contributed by atoms with Crippen molar-refractivity contribution in [2.45, 2.75) is 33.5 Å². The van der Waals surface area contributed by atoms with Crippen LogP contribution in [0.2, 0.25) is 0 Å². The summed E-state index contributed by atoms with van der Waals surface area (Å²) >= 11 is 0. The molecule has 3 aromatic carbocycles. The fraction of sp³-hybridized carbons (Fsp3) is 0.250. The molecule has 0 amide bonds. The third-order valence-corrected chi connectivity index (χ3v) is 7.25. The Morgan fingerprint density at radius 1 is 0.833 bits per heavy atom. The molecular formula is C24H29BO4Si. The van der Waals surface area contributed by atoms with Gasteiger partial charge >= 0.3 is 7.12 Å². The molecule has 0 saturated heterocycles. The van der Waals surface area contributed by atoms with Crippen LogP contribution in [0.1, 0.15) is 27.2 Å². The zero-order chi connectivity index (χ0) is 21.6. The van der Waals surface area contributed by atoms with Crippen molar-refractivity contribution in [3.63, 3.8) is 0 Å². The highest BCUT2D eigenvalue weighted by Gasteiger charge is 2.27. The van der Waals surface area contributed by atoms with E-state index in [-0.39, 0.29) is 5.41 Å². The predicted octanol–water partition coefficient (Wildman–Crippen LogP) is 2.06. The minimum atomic E-state index is -1.99. The second-order valence-electron chi connectivity index (χ2n) is 8.60. The number of rotatable bonds is 8. The summed E-state index contributed by atoms with van der Waals surface area (Å²) in [4.78, 5) is 0. The number of hydrogen-bond donors (Lipinski definition) is 2. The zero-order valence-electron chi connectivity index (χ0n) is 17.7. The van der Waals surface area contributed by atoms with E-state index in [4.69, 9.17) is 9.16 Å². The molecule has 0 aliphatic heterocycles. The quantitative estimate of drug-likeness (QED) is 0.433. The van der Waals surface area contributed by atoms with Crippen molar-refractivity contribution in [3.8, 4) is 5.75 Å². The monoisotopic (exact) mass is 420 g/mol. The summed E-state index contributed by atoms with van der Waals surface area (Å²) < 4.78 is 12.9. The van der Waals surface area contributed by atoms with Gasteiger partial charge in [-0.15, -0.1) is 0 Å². The van der Waals surface area contributed by atoms with Crippen LogP contribution in [-0.2, 0) is 4.43 Å². The smallest absolute Gasteiger partial charge is 0.466 e. The van der Waals surface area contributed by atoms with E-state index < -0.39 is 22.4 Å². The molecule has 0 aliphatic carbocycles. The Morgan fingerprint density at radius 2 is 1.40 bits per heavy atom. The standard InChI is InChI=1S/C24H29BO4Si/c1-24(2,3)18-23(28-20-12-10-11-19(17-20)25(26)27)29-30(21-13-6-4-7-14-21)22-15-8-5-9-16-22/h4-17,23,26-27,30H,18H2,1-3H3. The summed E-state index contributed by atoms with van der Waals surface area (Å²) in [5, 5.41) is 21.3. The van der Waals surface area contributed by atoms with Crippen LogP contribution < -0.4 is 20.6 Å². The third-order valence-electron chi connectivity index (χ3n) is 4.70. The van der Waals surface area contributed by atoms with E-state index in [2.05, 4.69) is 45.0 Å². The van der Waals surface area contributed by atoms with Gasteiger partial charge in [-0.05, 0) is 33.4 Å². The molecule has 0 saturated carbocycles. The van der Waals surface area contributed by atoms with E-state index in [9.17, 15) is 10.0 Å². The lowest BCUT2D eigenvalue weighted by Crippen LogP contribution is -2.49. The molecule has 3 aromatic rings. The molecule has 4 nitrogen and oxygen atoms in total. The van der Waals surface area contributed by atoms with Crippen LogP contribution in [0, 0.1) is 5.41 Å². The van der Waals surface area contributed by atoms with Gasteiger partial charge in [0, 0.05) is 6.42 Å². The predicted molar refractivity (Wildman–Crippen MR) is 125 cm³/mol. The van der Waals surface area contributed by atoms with Crippen LogP contribution in [0.3, 0.4) is 0 Å². The highest BCUT2D eigenvalue weighted by molar-refractivity contribution is 6.80. The van der Waals surface area contributed by atoms with Crippen molar-refractivity contribution in [1.82, 2.24) is 0 Å². The fourth-order valence-corrected chi connectivity index (χ4v) is 5.57. The highest BCUT2D eigenvalue weighted by atomic mass is 28.3. The first kappa shape index (κ1) is 22.3. The van der Waals surface area contributed by atoms with Crippen molar-refractivity contribution >= 4 is 32.0 Å². The minimum absolute atomic E-state index is 0.00883. The van der Waals surface area contributed by atoms with Gasteiger partial charge in [0.25, 0.3) is 0 Å². The molecular weight excluding hydrogens is 391 g/mol. The molecule has 0 heterocycles. The maximum Gasteiger partial charge on any atom is 0.488 e. The number of ether oxygens (including phenoxy) is 1. The van der Waals surface area contributed by atoms with Crippen LogP contribution >= 0.6 is 0 Å². The van der Waals surface area contributed by atoms with Crippen molar-refractivity contribution in [1.29, 1.82) is 0 Å². The van der Waals surface area contributed by atoms with E-state index in [1.807, 2.05) is 42.5 Å². The van der Waals surface area contributed by atoms with Crippen LogP contribution in [0.25, 0.3) is 0 Å². The number of hydrogen-bond acceptors (Lipinski definition) is 4. The van der Waals surface area contributed by atoms with Crippen molar-refractivity contribution in [3.05, 3.63) is 84.9 Å². The van der Waals surface area contributed by atoms with Crippen LogP contribution in [0.15, 0.2) is 84.9 Å². The summed E-state index contributed by atoms with van der Waals surface area (Å²) in [7, 11) is -3.53. The summed E-state index contributed by atoms with van der Waals surface area (Å²) in [6, 6.07) is 27.5. The molecule has 0 spiro atoms. The van der Waals surface area contributed by atoms with Gasteiger partial charge in [-0.1, -0.05) is 93.6 Å².